The summed E-state index contributed by atoms with van der Waals surface area (Å²) in [4.78, 5) is 4.59. The van der Waals surface area contributed by atoms with E-state index >= 15 is 0 Å². The SMILES string of the molecule is CC(C)c1ccc(/C=N\C(C)c2ccccc2Cl)cc1. The first-order valence-corrected chi connectivity index (χ1v) is 7.33. The van der Waals surface area contributed by atoms with Crippen LogP contribution in [0, 0.1) is 0 Å². The molecule has 0 N–H and O–H groups in total. The molecule has 20 heavy (non-hydrogen) atoms. The summed E-state index contributed by atoms with van der Waals surface area (Å²) in [5.41, 5.74) is 3.53. The molecule has 1 atom stereocenters. The van der Waals surface area contributed by atoms with Gasteiger partial charge in [-0.15, -0.1) is 0 Å². The van der Waals surface area contributed by atoms with Gasteiger partial charge in [-0.1, -0.05) is 67.9 Å². The van der Waals surface area contributed by atoms with Gasteiger partial charge in [0.1, 0.15) is 0 Å². The third-order valence-electron chi connectivity index (χ3n) is 3.41. The first kappa shape index (κ1) is 14.8. The van der Waals surface area contributed by atoms with E-state index in [2.05, 4.69) is 50.0 Å². The van der Waals surface area contributed by atoms with Crippen molar-refractivity contribution < 1.29 is 0 Å². The molecule has 0 heterocycles. The standard InChI is InChI=1S/C18H20ClN/c1-13(2)16-10-8-15(9-11-16)12-20-14(3)17-6-4-5-7-18(17)19/h4-14H,1-3H3/b20-12-. The van der Waals surface area contributed by atoms with Crippen LogP contribution >= 0.6 is 11.6 Å². The van der Waals surface area contributed by atoms with Crippen LogP contribution in [0.1, 0.15) is 49.4 Å². The normalized spacial score (nSPS) is 13.1. The first-order chi connectivity index (χ1) is 9.58. The summed E-state index contributed by atoms with van der Waals surface area (Å²) < 4.78 is 0. The maximum Gasteiger partial charge on any atom is 0.0735 e. The van der Waals surface area contributed by atoms with Gasteiger partial charge in [-0.05, 0) is 35.6 Å². The molecule has 0 saturated carbocycles. The quantitative estimate of drug-likeness (QED) is 0.644. The maximum absolute atomic E-state index is 6.18. The van der Waals surface area contributed by atoms with Gasteiger partial charge in [-0.25, -0.2) is 0 Å². The molecular weight excluding hydrogens is 266 g/mol. The van der Waals surface area contributed by atoms with Crippen LogP contribution in [-0.2, 0) is 0 Å². The molecule has 0 radical (unpaired) electrons. The van der Waals surface area contributed by atoms with Crippen LogP contribution in [0.25, 0.3) is 0 Å². The molecule has 104 valence electrons. The van der Waals surface area contributed by atoms with E-state index in [0.29, 0.717) is 5.92 Å². The van der Waals surface area contributed by atoms with Crippen LogP contribution < -0.4 is 0 Å². The molecule has 2 rings (SSSR count). The van der Waals surface area contributed by atoms with Gasteiger partial charge in [0.25, 0.3) is 0 Å². The number of halogens is 1. The van der Waals surface area contributed by atoms with Crippen molar-refractivity contribution in [1.82, 2.24) is 0 Å². The Labute approximate surface area is 126 Å². The Hall–Kier alpha value is -1.60. The van der Waals surface area contributed by atoms with Crippen LogP contribution in [0.2, 0.25) is 5.02 Å². The Bertz CT molecular complexity index is 585. The zero-order chi connectivity index (χ0) is 14.5. The lowest BCUT2D eigenvalue weighted by atomic mass is 10.0. The Kier molecular flexibility index (Phi) is 4.97. The molecule has 0 saturated heterocycles. The lowest BCUT2D eigenvalue weighted by Gasteiger charge is -2.09. The summed E-state index contributed by atoms with van der Waals surface area (Å²) >= 11 is 6.18. The lowest BCUT2D eigenvalue weighted by molar-refractivity contribution is 0.825. The van der Waals surface area contributed by atoms with Crippen molar-refractivity contribution in [3.8, 4) is 0 Å². The van der Waals surface area contributed by atoms with Crippen LogP contribution in [-0.4, -0.2) is 6.21 Å². The smallest absolute Gasteiger partial charge is 0.0735 e. The predicted molar refractivity (Wildman–Crippen MR) is 88.0 cm³/mol. The summed E-state index contributed by atoms with van der Waals surface area (Å²) in [6.45, 7) is 6.45. The summed E-state index contributed by atoms with van der Waals surface area (Å²) in [7, 11) is 0. The highest BCUT2D eigenvalue weighted by Crippen LogP contribution is 2.24. The summed E-state index contributed by atoms with van der Waals surface area (Å²) in [5, 5.41) is 0.771. The molecule has 0 aromatic heterocycles. The van der Waals surface area contributed by atoms with Gasteiger partial charge in [-0.2, -0.15) is 0 Å². The molecule has 1 unspecified atom stereocenters. The monoisotopic (exact) mass is 285 g/mol. The van der Waals surface area contributed by atoms with Crippen molar-refractivity contribution in [3.63, 3.8) is 0 Å². The van der Waals surface area contributed by atoms with Crippen molar-refractivity contribution >= 4 is 17.8 Å². The fourth-order valence-corrected chi connectivity index (χ4v) is 2.35. The Morgan fingerprint density at radius 1 is 0.950 bits per heavy atom. The molecular formula is C18H20ClN. The van der Waals surface area contributed by atoms with E-state index in [0.717, 1.165) is 16.1 Å². The van der Waals surface area contributed by atoms with Crippen LogP contribution in [0.15, 0.2) is 53.5 Å². The molecule has 0 aliphatic carbocycles. The number of benzene rings is 2. The number of nitrogens with zero attached hydrogens (tertiary/aromatic N) is 1. The van der Waals surface area contributed by atoms with E-state index in [4.69, 9.17) is 11.6 Å². The lowest BCUT2D eigenvalue weighted by Crippen LogP contribution is -1.93. The minimum atomic E-state index is 0.0634. The average molecular weight is 286 g/mol. The van der Waals surface area contributed by atoms with Gasteiger partial charge >= 0.3 is 0 Å². The Morgan fingerprint density at radius 2 is 1.60 bits per heavy atom. The minimum Gasteiger partial charge on any atom is -0.285 e. The van der Waals surface area contributed by atoms with E-state index < -0.39 is 0 Å². The van der Waals surface area contributed by atoms with Gasteiger partial charge in [-0.3, -0.25) is 4.99 Å². The average Bonchev–Trinajstić information content (AvgIpc) is 2.45. The van der Waals surface area contributed by atoms with E-state index in [9.17, 15) is 0 Å². The van der Waals surface area contributed by atoms with Gasteiger partial charge in [0.05, 0.1) is 6.04 Å². The second-order valence-electron chi connectivity index (χ2n) is 5.30. The van der Waals surface area contributed by atoms with Crippen molar-refractivity contribution in [2.45, 2.75) is 32.7 Å². The van der Waals surface area contributed by atoms with Gasteiger partial charge in [0.15, 0.2) is 0 Å². The zero-order valence-electron chi connectivity index (χ0n) is 12.2. The highest BCUT2D eigenvalue weighted by molar-refractivity contribution is 6.31. The van der Waals surface area contributed by atoms with E-state index in [-0.39, 0.29) is 6.04 Å². The molecule has 1 nitrogen and oxygen atoms in total. The predicted octanol–water partition coefficient (Wildman–Crippen LogP) is 5.64. The second-order valence-corrected chi connectivity index (χ2v) is 5.70. The van der Waals surface area contributed by atoms with Crippen LogP contribution in [0.3, 0.4) is 0 Å². The number of hydrogen-bond acceptors (Lipinski definition) is 1. The van der Waals surface area contributed by atoms with Crippen molar-refractivity contribution in [2.24, 2.45) is 4.99 Å². The summed E-state index contributed by atoms with van der Waals surface area (Å²) in [6.07, 6.45) is 1.91. The minimum absolute atomic E-state index is 0.0634. The number of hydrogen-bond donors (Lipinski definition) is 0. The van der Waals surface area contributed by atoms with E-state index in [1.807, 2.05) is 30.5 Å². The first-order valence-electron chi connectivity index (χ1n) is 6.95. The molecule has 0 bridgehead atoms. The highest BCUT2D eigenvalue weighted by Gasteiger charge is 2.06. The van der Waals surface area contributed by atoms with E-state index in [1.165, 1.54) is 5.56 Å². The Balaban J connectivity index is 2.11. The van der Waals surface area contributed by atoms with Gasteiger partial charge < -0.3 is 0 Å². The number of aliphatic imine (C=N–C) groups is 1. The molecule has 0 amide bonds. The summed E-state index contributed by atoms with van der Waals surface area (Å²) in [6, 6.07) is 16.5. The third kappa shape index (κ3) is 3.71. The van der Waals surface area contributed by atoms with Gasteiger partial charge in [0, 0.05) is 11.2 Å². The molecule has 0 aliphatic rings. The largest absolute Gasteiger partial charge is 0.285 e. The van der Waals surface area contributed by atoms with Crippen LogP contribution in [0.5, 0.6) is 0 Å². The molecule has 2 aromatic carbocycles. The molecule has 2 heteroatoms. The fraction of sp³-hybridized carbons (Fsp3) is 0.278. The molecule has 0 aliphatic heterocycles. The highest BCUT2D eigenvalue weighted by atomic mass is 35.5. The molecule has 0 spiro atoms. The third-order valence-corrected chi connectivity index (χ3v) is 3.75. The number of rotatable bonds is 4. The van der Waals surface area contributed by atoms with Crippen LogP contribution in [0.4, 0.5) is 0 Å². The maximum atomic E-state index is 6.18. The fourth-order valence-electron chi connectivity index (χ4n) is 2.06. The van der Waals surface area contributed by atoms with E-state index in [1.54, 1.807) is 0 Å². The van der Waals surface area contributed by atoms with Crippen molar-refractivity contribution in [3.05, 3.63) is 70.2 Å². The Morgan fingerprint density at radius 3 is 2.20 bits per heavy atom. The molecule has 0 fully saturated rings. The van der Waals surface area contributed by atoms with Gasteiger partial charge in [0.2, 0.25) is 0 Å². The van der Waals surface area contributed by atoms with Crippen molar-refractivity contribution in [2.75, 3.05) is 0 Å². The molecule has 2 aromatic rings. The summed E-state index contributed by atoms with van der Waals surface area (Å²) in [5.74, 6) is 0.558. The second kappa shape index (κ2) is 6.71. The zero-order valence-corrected chi connectivity index (χ0v) is 12.9. The van der Waals surface area contributed by atoms with Crippen molar-refractivity contribution in [1.29, 1.82) is 0 Å². The topological polar surface area (TPSA) is 12.4 Å².